The highest BCUT2D eigenvalue weighted by Crippen LogP contribution is 2.28. The van der Waals surface area contributed by atoms with Gasteiger partial charge in [-0.05, 0) is 44.4 Å². The van der Waals surface area contributed by atoms with E-state index in [0.29, 0.717) is 0 Å². The minimum absolute atomic E-state index is 0.108. The number of urea groups is 1. The zero-order valence-corrected chi connectivity index (χ0v) is 12.1. The molecule has 0 radical (unpaired) electrons. The fourth-order valence-electron chi connectivity index (χ4n) is 3.15. The molecule has 1 N–H and O–H groups in total. The standard InChI is InChI=1S/C15H25N3O2/c19-14(16-11-12-3-4-12)13-5-9-18(10-6-13)15(20)17-7-1-2-8-17/h12-13H,1-11H2,(H,16,19). The first-order valence-electron chi connectivity index (χ1n) is 8.05. The number of likely N-dealkylation sites (tertiary alicyclic amines) is 2. The lowest BCUT2D eigenvalue weighted by atomic mass is 9.96. The molecule has 0 atom stereocenters. The summed E-state index contributed by atoms with van der Waals surface area (Å²) in [6, 6.07) is 0.180. The zero-order chi connectivity index (χ0) is 13.9. The van der Waals surface area contributed by atoms with Crippen molar-refractivity contribution in [3.05, 3.63) is 0 Å². The Morgan fingerprint density at radius 2 is 1.50 bits per heavy atom. The second-order valence-electron chi connectivity index (χ2n) is 6.43. The third kappa shape index (κ3) is 3.25. The molecule has 2 heterocycles. The van der Waals surface area contributed by atoms with Crippen LogP contribution in [0.1, 0.15) is 38.5 Å². The molecule has 20 heavy (non-hydrogen) atoms. The molecule has 0 spiro atoms. The fourth-order valence-corrected chi connectivity index (χ4v) is 3.15. The molecule has 5 heteroatoms. The molecule has 0 aromatic carbocycles. The third-order valence-corrected chi connectivity index (χ3v) is 4.77. The summed E-state index contributed by atoms with van der Waals surface area (Å²) < 4.78 is 0. The lowest BCUT2D eigenvalue weighted by Gasteiger charge is -2.34. The van der Waals surface area contributed by atoms with Gasteiger partial charge < -0.3 is 15.1 Å². The van der Waals surface area contributed by atoms with Gasteiger partial charge in [0.2, 0.25) is 5.91 Å². The van der Waals surface area contributed by atoms with Crippen LogP contribution in [0.25, 0.3) is 0 Å². The molecule has 0 aromatic rings. The van der Waals surface area contributed by atoms with Gasteiger partial charge in [0.15, 0.2) is 0 Å². The molecule has 0 bridgehead atoms. The summed E-state index contributed by atoms with van der Waals surface area (Å²) in [5.41, 5.74) is 0. The molecule has 1 saturated carbocycles. The number of rotatable bonds is 3. The SMILES string of the molecule is O=C(NCC1CC1)C1CCN(C(=O)N2CCCC2)CC1. The normalized spacial score (nSPS) is 24.0. The van der Waals surface area contributed by atoms with Crippen LogP contribution >= 0.6 is 0 Å². The molecule has 3 aliphatic rings. The lowest BCUT2D eigenvalue weighted by Crippen LogP contribution is -2.47. The highest BCUT2D eigenvalue weighted by Gasteiger charge is 2.31. The predicted molar refractivity (Wildman–Crippen MR) is 76.2 cm³/mol. The van der Waals surface area contributed by atoms with Gasteiger partial charge in [-0.1, -0.05) is 0 Å². The molecule has 1 aliphatic carbocycles. The number of piperidine rings is 1. The van der Waals surface area contributed by atoms with E-state index in [4.69, 9.17) is 0 Å². The number of carbonyl (C=O) groups excluding carboxylic acids is 2. The van der Waals surface area contributed by atoms with E-state index >= 15 is 0 Å². The maximum absolute atomic E-state index is 12.3. The Morgan fingerprint density at radius 3 is 2.10 bits per heavy atom. The summed E-state index contributed by atoms with van der Waals surface area (Å²) in [6.07, 6.45) is 6.43. The van der Waals surface area contributed by atoms with Crippen LogP contribution in [0, 0.1) is 11.8 Å². The maximum Gasteiger partial charge on any atom is 0.319 e. The van der Waals surface area contributed by atoms with E-state index in [1.807, 2.05) is 9.80 Å². The molecule has 0 aromatic heterocycles. The molecule has 3 amide bonds. The quantitative estimate of drug-likeness (QED) is 0.850. The molecular weight excluding hydrogens is 254 g/mol. The van der Waals surface area contributed by atoms with Crippen molar-refractivity contribution >= 4 is 11.9 Å². The Kier molecular flexibility index (Phi) is 4.13. The van der Waals surface area contributed by atoms with Crippen molar-refractivity contribution in [1.82, 2.24) is 15.1 Å². The first-order chi connectivity index (χ1) is 9.74. The number of amides is 3. The molecule has 2 aliphatic heterocycles. The Morgan fingerprint density at radius 1 is 0.900 bits per heavy atom. The smallest absolute Gasteiger partial charge is 0.319 e. The Labute approximate surface area is 120 Å². The van der Waals surface area contributed by atoms with E-state index in [1.54, 1.807) is 0 Å². The van der Waals surface area contributed by atoms with Gasteiger partial charge in [-0.3, -0.25) is 4.79 Å². The van der Waals surface area contributed by atoms with Crippen LogP contribution in [0.3, 0.4) is 0 Å². The number of hydrogen-bond acceptors (Lipinski definition) is 2. The topological polar surface area (TPSA) is 52.7 Å². The molecule has 5 nitrogen and oxygen atoms in total. The highest BCUT2D eigenvalue weighted by atomic mass is 16.2. The van der Waals surface area contributed by atoms with Gasteiger partial charge in [-0.2, -0.15) is 0 Å². The molecule has 3 rings (SSSR count). The molecule has 2 saturated heterocycles. The second kappa shape index (κ2) is 6.02. The number of hydrogen-bond donors (Lipinski definition) is 1. The van der Waals surface area contributed by atoms with E-state index in [-0.39, 0.29) is 17.9 Å². The first-order valence-corrected chi connectivity index (χ1v) is 8.05. The number of nitrogens with one attached hydrogen (secondary N) is 1. The lowest BCUT2D eigenvalue weighted by molar-refractivity contribution is -0.126. The van der Waals surface area contributed by atoms with Gasteiger partial charge in [0.25, 0.3) is 0 Å². The number of carbonyl (C=O) groups is 2. The summed E-state index contributed by atoms with van der Waals surface area (Å²) in [7, 11) is 0. The summed E-state index contributed by atoms with van der Waals surface area (Å²) in [6.45, 7) is 4.13. The van der Waals surface area contributed by atoms with Crippen molar-refractivity contribution in [1.29, 1.82) is 0 Å². The zero-order valence-electron chi connectivity index (χ0n) is 12.1. The number of nitrogens with zero attached hydrogens (tertiary/aromatic N) is 2. The van der Waals surface area contributed by atoms with Gasteiger partial charge in [0.1, 0.15) is 0 Å². The minimum atomic E-state index is 0.108. The molecule has 112 valence electrons. The van der Waals surface area contributed by atoms with Crippen molar-refractivity contribution in [3.63, 3.8) is 0 Å². The van der Waals surface area contributed by atoms with Gasteiger partial charge in [0.05, 0.1) is 0 Å². The minimum Gasteiger partial charge on any atom is -0.356 e. The summed E-state index contributed by atoms with van der Waals surface area (Å²) in [5, 5.41) is 3.06. The van der Waals surface area contributed by atoms with Gasteiger partial charge >= 0.3 is 6.03 Å². The largest absolute Gasteiger partial charge is 0.356 e. The summed E-state index contributed by atoms with van der Waals surface area (Å²) in [4.78, 5) is 28.2. The van der Waals surface area contributed by atoms with Crippen LogP contribution in [0.15, 0.2) is 0 Å². The van der Waals surface area contributed by atoms with Crippen LogP contribution in [0.4, 0.5) is 4.79 Å². The monoisotopic (exact) mass is 279 g/mol. The van der Waals surface area contributed by atoms with E-state index < -0.39 is 0 Å². The fraction of sp³-hybridized carbons (Fsp3) is 0.867. The molecular formula is C15H25N3O2. The van der Waals surface area contributed by atoms with Crippen molar-refractivity contribution in [3.8, 4) is 0 Å². The van der Waals surface area contributed by atoms with Crippen LogP contribution < -0.4 is 5.32 Å². The van der Waals surface area contributed by atoms with Gasteiger partial charge in [-0.25, -0.2) is 4.79 Å². The summed E-state index contributed by atoms with van der Waals surface area (Å²) >= 11 is 0. The Bertz CT molecular complexity index is 367. The van der Waals surface area contributed by atoms with Crippen LogP contribution in [-0.4, -0.2) is 54.5 Å². The molecule has 3 fully saturated rings. The van der Waals surface area contributed by atoms with Crippen molar-refractivity contribution in [2.24, 2.45) is 11.8 Å². The van der Waals surface area contributed by atoms with E-state index in [2.05, 4.69) is 5.32 Å². The van der Waals surface area contributed by atoms with E-state index in [9.17, 15) is 9.59 Å². The van der Waals surface area contributed by atoms with Crippen molar-refractivity contribution < 1.29 is 9.59 Å². The Hall–Kier alpha value is -1.26. The Balaban J connectivity index is 1.41. The highest BCUT2D eigenvalue weighted by molar-refractivity contribution is 5.79. The van der Waals surface area contributed by atoms with Gasteiger partial charge in [-0.15, -0.1) is 0 Å². The van der Waals surface area contributed by atoms with E-state index in [1.165, 1.54) is 12.8 Å². The van der Waals surface area contributed by atoms with E-state index in [0.717, 1.165) is 64.3 Å². The van der Waals surface area contributed by atoms with Crippen molar-refractivity contribution in [2.75, 3.05) is 32.7 Å². The van der Waals surface area contributed by atoms with Crippen molar-refractivity contribution in [2.45, 2.75) is 38.5 Å². The maximum atomic E-state index is 12.3. The van der Waals surface area contributed by atoms with Crippen LogP contribution in [0.2, 0.25) is 0 Å². The molecule has 0 unspecified atom stereocenters. The second-order valence-corrected chi connectivity index (χ2v) is 6.43. The average molecular weight is 279 g/mol. The van der Waals surface area contributed by atoms with Crippen LogP contribution in [-0.2, 0) is 4.79 Å². The third-order valence-electron chi connectivity index (χ3n) is 4.77. The first kappa shape index (κ1) is 13.7. The average Bonchev–Trinajstić information content (AvgIpc) is 3.16. The van der Waals surface area contributed by atoms with Gasteiger partial charge in [0, 0.05) is 38.6 Å². The predicted octanol–water partition coefficient (Wildman–Crippen LogP) is 1.44. The van der Waals surface area contributed by atoms with Crippen LogP contribution in [0.5, 0.6) is 0 Å². The summed E-state index contributed by atoms with van der Waals surface area (Å²) in [5.74, 6) is 1.04.